The molecule has 5 nitrogen and oxygen atoms in total. The maximum Gasteiger partial charge on any atom is 0.224 e. The molecule has 2 heterocycles. The third-order valence-electron chi connectivity index (χ3n) is 2.24. The molecule has 0 spiro atoms. The molecule has 2 aromatic heterocycles. The summed E-state index contributed by atoms with van der Waals surface area (Å²) in [5.41, 5.74) is 1.58. The van der Waals surface area contributed by atoms with Crippen LogP contribution in [0.15, 0.2) is 12.5 Å². The van der Waals surface area contributed by atoms with Crippen molar-refractivity contribution in [2.24, 2.45) is 0 Å². The molecule has 0 amide bonds. The fraction of sp³-hybridized carbons (Fsp3) is 0.500. The number of H-pyrrole nitrogens is 1. The van der Waals surface area contributed by atoms with E-state index >= 15 is 0 Å². The SMILES string of the molecule is CCCCCNc1ncc2[nH]cnc2n1. The quantitative estimate of drug-likeness (QED) is 0.732. The highest BCUT2D eigenvalue weighted by molar-refractivity contribution is 5.69. The maximum atomic E-state index is 4.27. The lowest BCUT2D eigenvalue weighted by atomic mass is 10.2. The first-order valence-corrected chi connectivity index (χ1v) is 5.30. The number of rotatable bonds is 5. The number of nitrogens with one attached hydrogen (secondary N) is 2. The minimum absolute atomic E-state index is 0.658. The standard InChI is InChI=1S/C10H15N5/c1-2-3-4-5-11-10-12-6-8-9(15-10)14-7-13-8/h6-7H,2-5H2,1H3,(H2,11,12,13,14,15). The van der Waals surface area contributed by atoms with Gasteiger partial charge in [0.1, 0.15) is 5.52 Å². The molecule has 0 unspecified atom stereocenters. The van der Waals surface area contributed by atoms with E-state index in [0.717, 1.165) is 18.5 Å². The van der Waals surface area contributed by atoms with Crippen LogP contribution in [0.3, 0.4) is 0 Å². The summed E-state index contributed by atoms with van der Waals surface area (Å²) in [6.07, 6.45) is 6.98. The number of unbranched alkanes of at least 4 members (excludes halogenated alkanes) is 2. The van der Waals surface area contributed by atoms with Crippen LogP contribution in [-0.2, 0) is 0 Å². The summed E-state index contributed by atoms with van der Waals surface area (Å²) >= 11 is 0. The lowest BCUT2D eigenvalue weighted by molar-refractivity contribution is 0.740. The number of hydrogen-bond donors (Lipinski definition) is 2. The monoisotopic (exact) mass is 205 g/mol. The van der Waals surface area contributed by atoms with E-state index in [-0.39, 0.29) is 0 Å². The minimum Gasteiger partial charge on any atom is -0.354 e. The van der Waals surface area contributed by atoms with E-state index in [0.29, 0.717) is 11.6 Å². The average Bonchev–Trinajstić information content (AvgIpc) is 2.71. The number of fused-ring (bicyclic) bond motifs is 1. The summed E-state index contributed by atoms with van der Waals surface area (Å²) in [5, 5.41) is 3.19. The van der Waals surface area contributed by atoms with Crippen LogP contribution in [0, 0.1) is 0 Å². The molecule has 0 saturated carbocycles. The van der Waals surface area contributed by atoms with Gasteiger partial charge in [-0.2, -0.15) is 4.98 Å². The van der Waals surface area contributed by atoms with E-state index in [4.69, 9.17) is 0 Å². The molecule has 0 aromatic carbocycles. The van der Waals surface area contributed by atoms with Crippen molar-refractivity contribution in [1.82, 2.24) is 19.9 Å². The Morgan fingerprint density at radius 2 is 2.27 bits per heavy atom. The Bertz CT molecular complexity index is 422. The number of nitrogens with zero attached hydrogens (tertiary/aromatic N) is 3. The van der Waals surface area contributed by atoms with Crippen molar-refractivity contribution in [1.29, 1.82) is 0 Å². The van der Waals surface area contributed by atoms with Gasteiger partial charge in [-0.15, -0.1) is 0 Å². The van der Waals surface area contributed by atoms with Crippen LogP contribution >= 0.6 is 0 Å². The van der Waals surface area contributed by atoms with Crippen molar-refractivity contribution in [3.8, 4) is 0 Å². The molecule has 80 valence electrons. The van der Waals surface area contributed by atoms with Crippen molar-refractivity contribution in [3.05, 3.63) is 12.5 Å². The topological polar surface area (TPSA) is 66.5 Å². The molecule has 15 heavy (non-hydrogen) atoms. The van der Waals surface area contributed by atoms with Crippen LogP contribution in [-0.4, -0.2) is 26.5 Å². The molecular weight excluding hydrogens is 190 g/mol. The Balaban J connectivity index is 1.96. The van der Waals surface area contributed by atoms with Crippen molar-refractivity contribution < 1.29 is 0 Å². The molecule has 5 heteroatoms. The Morgan fingerprint density at radius 1 is 1.33 bits per heavy atom. The number of hydrogen-bond acceptors (Lipinski definition) is 4. The molecule has 0 radical (unpaired) electrons. The Labute approximate surface area is 88.4 Å². The second-order valence-corrected chi connectivity index (χ2v) is 3.47. The van der Waals surface area contributed by atoms with Crippen molar-refractivity contribution in [3.63, 3.8) is 0 Å². The van der Waals surface area contributed by atoms with E-state index in [1.807, 2.05) is 0 Å². The highest BCUT2D eigenvalue weighted by Crippen LogP contribution is 2.07. The zero-order valence-corrected chi connectivity index (χ0v) is 8.82. The van der Waals surface area contributed by atoms with Gasteiger partial charge >= 0.3 is 0 Å². The molecule has 0 aliphatic rings. The van der Waals surface area contributed by atoms with Gasteiger partial charge in [0.15, 0.2) is 5.65 Å². The first-order valence-electron chi connectivity index (χ1n) is 5.30. The van der Waals surface area contributed by atoms with Crippen LogP contribution in [0.25, 0.3) is 11.2 Å². The average molecular weight is 205 g/mol. The minimum atomic E-state index is 0.658. The second-order valence-electron chi connectivity index (χ2n) is 3.47. The maximum absolute atomic E-state index is 4.27. The third-order valence-corrected chi connectivity index (χ3v) is 2.24. The lowest BCUT2D eigenvalue weighted by Crippen LogP contribution is -2.04. The summed E-state index contributed by atoms with van der Waals surface area (Å²) in [5.74, 6) is 0.658. The van der Waals surface area contributed by atoms with Crippen LogP contribution in [0.1, 0.15) is 26.2 Å². The first-order chi connectivity index (χ1) is 7.40. The smallest absolute Gasteiger partial charge is 0.224 e. The van der Waals surface area contributed by atoms with E-state index in [2.05, 4.69) is 32.2 Å². The van der Waals surface area contributed by atoms with Gasteiger partial charge in [-0.05, 0) is 6.42 Å². The van der Waals surface area contributed by atoms with Gasteiger partial charge in [0, 0.05) is 6.54 Å². The zero-order chi connectivity index (χ0) is 10.5. The summed E-state index contributed by atoms with van der Waals surface area (Å²) < 4.78 is 0. The van der Waals surface area contributed by atoms with E-state index in [9.17, 15) is 0 Å². The normalized spacial score (nSPS) is 10.7. The van der Waals surface area contributed by atoms with Gasteiger partial charge < -0.3 is 10.3 Å². The summed E-state index contributed by atoms with van der Waals surface area (Å²) in [6, 6.07) is 0. The first kappa shape index (κ1) is 9.89. The molecule has 2 aromatic rings. The van der Waals surface area contributed by atoms with Gasteiger partial charge in [0.2, 0.25) is 5.95 Å². The summed E-state index contributed by atoms with van der Waals surface area (Å²) in [6.45, 7) is 3.11. The Hall–Kier alpha value is -1.65. The van der Waals surface area contributed by atoms with Gasteiger partial charge in [-0.25, -0.2) is 9.97 Å². The van der Waals surface area contributed by atoms with Gasteiger partial charge in [0.05, 0.1) is 12.5 Å². The third kappa shape index (κ3) is 2.43. The highest BCUT2D eigenvalue weighted by Gasteiger charge is 2.00. The largest absolute Gasteiger partial charge is 0.354 e. The summed E-state index contributed by atoms with van der Waals surface area (Å²) in [4.78, 5) is 15.5. The van der Waals surface area contributed by atoms with Crippen molar-refractivity contribution in [2.75, 3.05) is 11.9 Å². The number of aromatic nitrogens is 4. The molecule has 0 saturated heterocycles. The number of aromatic amines is 1. The summed E-state index contributed by atoms with van der Waals surface area (Å²) in [7, 11) is 0. The van der Waals surface area contributed by atoms with Gasteiger partial charge in [-0.3, -0.25) is 0 Å². The van der Waals surface area contributed by atoms with Crippen LogP contribution < -0.4 is 5.32 Å². The molecule has 0 fully saturated rings. The van der Waals surface area contributed by atoms with Crippen molar-refractivity contribution >= 4 is 17.1 Å². The van der Waals surface area contributed by atoms with Gasteiger partial charge in [-0.1, -0.05) is 19.8 Å². The molecule has 2 rings (SSSR count). The van der Waals surface area contributed by atoms with Crippen LogP contribution in [0.4, 0.5) is 5.95 Å². The molecule has 0 atom stereocenters. The Kier molecular flexibility index (Phi) is 3.11. The van der Waals surface area contributed by atoms with E-state index < -0.39 is 0 Å². The molecule has 0 aliphatic heterocycles. The highest BCUT2D eigenvalue weighted by atomic mass is 15.1. The van der Waals surface area contributed by atoms with Crippen molar-refractivity contribution in [2.45, 2.75) is 26.2 Å². The predicted molar refractivity (Wildman–Crippen MR) is 59.7 cm³/mol. The molecule has 0 aliphatic carbocycles. The predicted octanol–water partition coefficient (Wildman–Crippen LogP) is 1.95. The number of imidazole rings is 1. The number of anilines is 1. The van der Waals surface area contributed by atoms with Crippen LogP contribution in [0.2, 0.25) is 0 Å². The van der Waals surface area contributed by atoms with Crippen LogP contribution in [0.5, 0.6) is 0 Å². The Morgan fingerprint density at radius 3 is 3.13 bits per heavy atom. The molecular formula is C10H15N5. The van der Waals surface area contributed by atoms with Gasteiger partial charge in [0.25, 0.3) is 0 Å². The second kappa shape index (κ2) is 4.72. The molecule has 2 N–H and O–H groups in total. The fourth-order valence-electron chi connectivity index (χ4n) is 1.40. The molecule has 0 bridgehead atoms. The fourth-order valence-corrected chi connectivity index (χ4v) is 1.40. The van der Waals surface area contributed by atoms with E-state index in [1.165, 1.54) is 12.8 Å². The lowest BCUT2D eigenvalue weighted by Gasteiger charge is -2.02. The van der Waals surface area contributed by atoms with E-state index in [1.54, 1.807) is 12.5 Å². The zero-order valence-electron chi connectivity index (χ0n) is 8.82.